The molecular weight excluding hydrogens is 578 g/mol. The van der Waals surface area contributed by atoms with E-state index in [9.17, 15) is 19.2 Å². The van der Waals surface area contributed by atoms with Crippen molar-refractivity contribution in [2.75, 3.05) is 65.6 Å². The highest BCUT2D eigenvalue weighted by Crippen LogP contribution is 2.24. The van der Waals surface area contributed by atoms with E-state index in [0.29, 0.717) is 53.2 Å². The van der Waals surface area contributed by atoms with E-state index in [-0.39, 0.29) is 51.2 Å². The van der Waals surface area contributed by atoms with Gasteiger partial charge in [-0.05, 0) is 24.3 Å². The molecule has 0 saturated carbocycles. The van der Waals surface area contributed by atoms with Gasteiger partial charge in [-0.25, -0.2) is 0 Å². The summed E-state index contributed by atoms with van der Waals surface area (Å²) in [6.45, 7) is 1.67. The monoisotopic (exact) mass is 614 g/mol. The van der Waals surface area contributed by atoms with Crippen molar-refractivity contribution in [3.05, 3.63) is 73.1 Å². The Morgan fingerprint density at radius 1 is 0.889 bits per heavy atom. The molecule has 2 aromatic carbocycles. The summed E-state index contributed by atoms with van der Waals surface area (Å²) in [5.41, 5.74) is 6.77. The van der Waals surface area contributed by atoms with E-state index >= 15 is 0 Å². The van der Waals surface area contributed by atoms with Crippen LogP contribution >= 0.6 is 0 Å². The number of carbonyl (C=O) groups excluding carboxylic acids is 4. The number of quaternary nitrogens is 1. The van der Waals surface area contributed by atoms with Crippen molar-refractivity contribution in [2.24, 2.45) is 5.73 Å². The van der Waals surface area contributed by atoms with Crippen LogP contribution in [0.2, 0.25) is 0 Å². The fourth-order valence-electron chi connectivity index (χ4n) is 5.42. The van der Waals surface area contributed by atoms with E-state index in [1.54, 1.807) is 24.5 Å². The number of ether oxygens (including phenoxy) is 2. The Balaban J connectivity index is 1.17. The summed E-state index contributed by atoms with van der Waals surface area (Å²) in [5, 5.41) is 7.49. The number of pyridine rings is 2. The molecule has 2 aromatic heterocycles. The van der Waals surface area contributed by atoms with E-state index in [1.165, 1.54) is 4.90 Å². The third-order valence-corrected chi connectivity index (χ3v) is 7.74. The Morgan fingerprint density at radius 3 is 2.13 bits per heavy atom. The largest absolute Gasteiger partial charge is 0.481 e. The zero-order valence-corrected chi connectivity index (χ0v) is 24.8. The molecule has 1 fully saturated rings. The number of hydrogen-bond acceptors (Lipinski definition) is 8. The maximum atomic E-state index is 13.2. The molecule has 13 nitrogen and oxygen atoms in total. The predicted octanol–water partition coefficient (Wildman–Crippen LogP) is 0.618. The summed E-state index contributed by atoms with van der Waals surface area (Å²) < 4.78 is 11.9. The quantitative estimate of drug-likeness (QED) is 0.174. The van der Waals surface area contributed by atoms with Crippen molar-refractivity contribution in [3.8, 4) is 11.5 Å². The number of piperazine rings is 1. The minimum atomic E-state index is -0.660. The average Bonchev–Trinajstić information content (AvgIpc) is 3.04. The molecule has 1 aliphatic rings. The number of hydrogen-bond donors (Lipinski definition) is 3. The van der Waals surface area contributed by atoms with Crippen molar-refractivity contribution in [1.82, 2.24) is 25.5 Å². The van der Waals surface area contributed by atoms with Gasteiger partial charge in [-0.2, -0.15) is 0 Å². The van der Waals surface area contributed by atoms with Gasteiger partial charge in [0.2, 0.25) is 5.91 Å². The Hall–Kier alpha value is -5.30. The number of rotatable bonds is 14. The molecule has 4 aromatic rings. The van der Waals surface area contributed by atoms with Gasteiger partial charge in [0.1, 0.15) is 22.5 Å². The van der Waals surface area contributed by atoms with Crippen molar-refractivity contribution in [3.63, 3.8) is 0 Å². The van der Waals surface area contributed by atoms with Crippen LogP contribution in [0.25, 0.3) is 21.8 Å². The van der Waals surface area contributed by atoms with E-state index in [4.69, 9.17) is 15.2 Å². The van der Waals surface area contributed by atoms with Crippen molar-refractivity contribution < 1.29 is 33.1 Å². The standard InChI is InChI=1S/C32H35N7O6/c33-27(40)19-38(30(43)22-45-26-10-2-6-24-8-4-12-37-32(24)26)15-18-39(16-13-34-28(41)20-39)17-14-35-29(42)21-44-25-9-1-5-23-7-3-11-36-31(23)25/h1-12H,13-22H2,(H3-,33,34,35,40,41,42)/p+1. The fourth-order valence-corrected chi connectivity index (χ4v) is 5.42. The third kappa shape index (κ3) is 8.21. The van der Waals surface area contributed by atoms with Crippen molar-refractivity contribution in [2.45, 2.75) is 0 Å². The van der Waals surface area contributed by atoms with Crippen LogP contribution in [0.3, 0.4) is 0 Å². The molecule has 45 heavy (non-hydrogen) atoms. The molecule has 1 saturated heterocycles. The maximum absolute atomic E-state index is 13.2. The number of nitrogens with zero attached hydrogens (tertiary/aromatic N) is 4. The highest BCUT2D eigenvalue weighted by atomic mass is 16.5. The molecule has 1 aliphatic heterocycles. The first-order chi connectivity index (χ1) is 21.8. The van der Waals surface area contributed by atoms with Gasteiger partial charge in [0.25, 0.3) is 17.7 Å². The lowest BCUT2D eigenvalue weighted by atomic mass is 10.2. The SMILES string of the molecule is NC(=O)CN(CC[N+]1(CCNC(=O)COc2cccc3cccnc23)CCNC(=O)C1)C(=O)COc1cccc2cccnc12. The minimum Gasteiger partial charge on any atom is -0.481 e. The van der Waals surface area contributed by atoms with Gasteiger partial charge in [-0.3, -0.25) is 29.1 Å². The fraction of sp³-hybridized carbons (Fsp3) is 0.312. The lowest BCUT2D eigenvalue weighted by molar-refractivity contribution is -0.920. The molecule has 0 bridgehead atoms. The number of primary amides is 1. The molecule has 0 aliphatic carbocycles. The molecule has 4 N–H and O–H groups in total. The molecular formula is C32H36N7O6+. The molecule has 1 unspecified atom stereocenters. The van der Waals surface area contributed by atoms with Crippen LogP contribution in [0.4, 0.5) is 0 Å². The summed E-state index contributed by atoms with van der Waals surface area (Å²) in [6.07, 6.45) is 3.31. The Bertz CT molecular complexity index is 1690. The van der Waals surface area contributed by atoms with Crippen LogP contribution in [0, 0.1) is 0 Å². The number of nitrogens with one attached hydrogen (secondary N) is 2. The summed E-state index contributed by atoms with van der Waals surface area (Å²) >= 11 is 0. The Kier molecular flexibility index (Phi) is 10.00. The van der Waals surface area contributed by atoms with Gasteiger partial charge in [-0.1, -0.05) is 36.4 Å². The smallest absolute Gasteiger partial charge is 0.275 e. The molecule has 234 valence electrons. The molecule has 0 spiro atoms. The van der Waals surface area contributed by atoms with Crippen LogP contribution in [-0.2, 0) is 19.2 Å². The van der Waals surface area contributed by atoms with Crippen molar-refractivity contribution in [1.29, 1.82) is 0 Å². The maximum Gasteiger partial charge on any atom is 0.275 e. The van der Waals surface area contributed by atoms with Crippen molar-refractivity contribution >= 4 is 45.4 Å². The van der Waals surface area contributed by atoms with Gasteiger partial charge in [0.05, 0.1) is 45.8 Å². The number of para-hydroxylation sites is 2. The average molecular weight is 615 g/mol. The third-order valence-electron chi connectivity index (χ3n) is 7.74. The number of aromatic nitrogens is 2. The Morgan fingerprint density at radius 2 is 1.51 bits per heavy atom. The van der Waals surface area contributed by atoms with Gasteiger partial charge in [-0.15, -0.1) is 0 Å². The molecule has 1 atom stereocenters. The predicted molar refractivity (Wildman–Crippen MR) is 166 cm³/mol. The van der Waals surface area contributed by atoms with E-state index in [0.717, 1.165) is 10.8 Å². The van der Waals surface area contributed by atoms with Crippen LogP contribution < -0.4 is 25.8 Å². The zero-order chi connectivity index (χ0) is 31.6. The summed E-state index contributed by atoms with van der Waals surface area (Å²) in [4.78, 5) is 60.2. The second kappa shape index (κ2) is 14.4. The van der Waals surface area contributed by atoms with Gasteiger partial charge in [0, 0.05) is 23.2 Å². The number of nitrogens with two attached hydrogens (primary N) is 1. The molecule has 0 radical (unpaired) electrons. The highest BCUT2D eigenvalue weighted by Gasteiger charge is 2.35. The van der Waals surface area contributed by atoms with Crippen LogP contribution in [0.5, 0.6) is 11.5 Å². The van der Waals surface area contributed by atoms with Crippen LogP contribution in [0.1, 0.15) is 0 Å². The van der Waals surface area contributed by atoms with Gasteiger partial charge < -0.3 is 35.2 Å². The first-order valence-electron chi connectivity index (χ1n) is 14.7. The molecule has 4 amide bonds. The van der Waals surface area contributed by atoms with E-state index in [2.05, 4.69) is 20.6 Å². The summed E-state index contributed by atoms with van der Waals surface area (Å²) in [6, 6.07) is 18.4. The molecule has 5 rings (SSSR count). The first kappa shape index (κ1) is 31.1. The zero-order valence-electron chi connectivity index (χ0n) is 24.8. The second-order valence-electron chi connectivity index (χ2n) is 10.9. The Labute approximate surface area is 259 Å². The minimum absolute atomic E-state index is 0.126. The number of fused-ring (bicyclic) bond motifs is 2. The molecule has 3 heterocycles. The summed E-state index contributed by atoms with van der Waals surface area (Å²) in [5.74, 6) is -0.555. The topological polar surface area (TPSA) is 166 Å². The number of benzene rings is 2. The number of amides is 4. The highest BCUT2D eigenvalue weighted by molar-refractivity contribution is 5.87. The molecule has 13 heteroatoms. The van der Waals surface area contributed by atoms with Gasteiger partial charge in [0.15, 0.2) is 19.8 Å². The first-order valence-corrected chi connectivity index (χ1v) is 14.7. The lowest BCUT2D eigenvalue weighted by Crippen LogP contribution is -2.64. The van der Waals surface area contributed by atoms with Crippen LogP contribution in [0.15, 0.2) is 73.1 Å². The van der Waals surface area contributed by atoms with Crippen LogP contribution in [-0.4, -0.2) is 109 Å². The van der Waals surface area contributed by atoms with Gasteiger partial charge >= 0.3 is 0 Å². The second-order valence-corrected chi connectivity index (χ2v) is 10.9. The normalized spacial score (nSPS) is 16.1. The summed E-state index contributed by atoms with van der Waals surface area (Å²) in [7, 11) is 0. The lowest BCUT2D eigenvalue weighted by Gasteiger charge is -2.42. The van der Waals surface area contributed by atoms with E-state index in [1.807, 2.05) is 48.5 Å². The number of carbonyl (C=O) groups is 4. The van der Waals surface area contributed by atoms with E-state index < -0.39 is 11.8 Å².